The summed E-state index contributed by atoms with van der Waals surface area (Å²) in [7, 11) is 0. The number of pyridine rings is 1. The summed E-state index contributed by atoms with van der Waals surface area (Å²) in [6, 6.07) is 15.3. The molecule has 3 aromatic heterocycles. The Morgan fingerprint density at radius 2 is 1.83 bits per heavy atom. The predicted molar refractivity (Wildman–Crippen MR) is 155 cm³/mol. The van der Waals surface area contributed by atoms with E-state index in [0.717, 1.165) is 51.5 Å². The van der Waals surface area contributed by atoms with Crippen molar-refractivity contribution in [3.8, 4) is 21.7 Å². The van der Waals surface area contributed by atoms with E-state index in [0.29, 0.717) is 48.7 Å². The summed E-state index contributed by atoms with van der Waals surface area (Å²) >= 11 is 1.45. The number of H-pyrrole nitrogens is 1. The lowest BCUT2D eigenvalue weighted by Gasteiger charge is -2.27. The molecule has 0 atom stereocenters. The molecule has 4 aromatic rings. The first-order valence-electron chi connectivity index (χ1n) is 14.3. The van der Waals surface area contributed by atoms with E-state index in [1.807, 2.05) is 42.5 Å². The molecule has 1 aromatic carbocycles. The lowest BCUT2D eigenvalue weighted by atomic mass is 9.83. The van der Waals surface area contributed by atoms with Gasteiger partial charge in [0.1, 0.15) is 5.69 Å². The van der Waals surface area contributed by atoms with Gasteiger partial charge in [0.05, 0.1) is 22.5 Å². The summed E-state index contributed by atoms with van der Waals surface area (Å²) in [5.74, 6) is -2.25. The van der Waals surface area contributed by atoms with Gasteiger partial charge in [0.2, 0.25) is 5.92 Å². The Morgan fingerprint density at radius 1 is 1.02 bits per heavy atom. The molecular formula is C32H30F2N4O2S. The van der Waals surface area contributed by atoms with E-state index in [-0.39, 0.29) is 30.4 Å². The number of anilines is 1. The number of carbonyl (C=O) groups excluding carboxylic acids is 2. The summed E-state index contributed by atoms with van der Waals surface area (Å²) < 4.78 is 27.2. The molecule has 1 aliphatic heterocycles. The van der Waals surface area contributed by atoms with E-state index in [1.165, 1.54) is 11.3 Å². The first kappa shape index (κ1) is 26.2. The molecule has 0 unspecified atom stereocenters. The maximum atomic E-state index is 13.9. The molecule has 1 amide bonds. The highest BCUT2D eigenvalue weighted by Gasteiger charge is 2.36. The number of Topliss-reactive ketones (excluding diaryl/α,β-unsaturated/α-hetero) is 1. The Bertz CT molecular complexity index is 1630. The van der Waals surface area contributed by atoms with E-state index in [2.05, 4.69) is 10.2 Å². The Hall–Kier alpha value is -3.72. The first-order chi connectivity index (χ1) is 19.9. The number of aromatic amines is 1. The molecule has 1 N–H and O–H groups in total. The molecule has 7 rings (SSSR count). The van der Waals surface area contributed by atoms with Gasteiger partial charge in [0.25, 0.3) is 5.91 Å². The third-order valence-corrected chi connectivity index (χ3v) is 9.83. The molecular weight excluding hydrogens is 542 g/mol. The van der Waals surface area contributed by atoms with Crippen LogP contribution in [0, 0.1) is 5.92 Å². The van der Waals surface area contributed by atoms with Gasteiger partial charge in [0.15, 0.2) is 5.78 Å². The van der Waals surface area contributed by atoms with E-state index in [4.69, 9.17) is 4.98 Å². The summed E-state index contributed by atoms with van der Waals surface area (Å²) in [6.45, 7) is 0.454. The van der Waals surface area contributed by atoms with Crippen molar-refractivity contribution < 1.29 is 18.4 Å². The number of rotatable bonds is 6. The topological polar surface area (TPSA) is 79.0 Å². The van der Waals surface area contributed by atoms with Crippen molar-refractivity contribution in [2.45, 2.75) is 63.2 Å². The number of benzene rings is 1. The number of nitrogens with one attached hydrogen (secondary N) is 1. The number of alkyl halides is 2. The van der Waals surface area contributed by atoms with Gasteiger partial charge in [-0.15, -0.1) is 11.3 Å². The molecule has 0 spiro atoms. The van der Waals surface area contributed by atoms with Crippen LogP contribution in [-0.4, -0.2) is 39.3 Å². The lowest BCUT2D eigenvalue weighted by Crippen LogP contribution is -2.33. The molecule has 4 heterocycles. The fourth-order valence-corrected chi connectivity index (χ4v) is 7.33. The number of para-hydroxylation sites is 1. The van der Waals surface area contributed by atoms with Gasteiger partial charge in [-0.3, -0.25) is 14.7 Å². The zero-order chi connectivity index (χ0) is 28.1. The summed E-state index contributed by atoms with van der Waals surface area (Å²) in [5, 5.41) is 7.33. The van der Waals surface area contributed by atoms with Crippen LogP contribution < -0.4 is 4.90 Å². The quantitative estimate of drug-likeness (QED) is 0.240. The second kappa shape index (κ2) is 10.3. The second-order valence-electron chi connectivity index (χ2n) is 11.5. The molecule has 9 heteroatoms. The van der Waals surface area contributed by atoms with Crippen LogP contribution in [0.25, 0.3) is 21.7 Å². The number of ketones is 1. The maximum Gasteiger partial charge on any atom is 0.276 e. The van der Waals surface area contributed by atoms with E-state index in [1.54, 1.807) is 17.2 Å². The largest absolute Gasteiger partial charge is 0.306 e. The minimum atomic E-state index is -2.59. The number of carbonyl (C=O) groups is 2. The van der Waals surface area contributed by atoms with Crippen LogP contribution in [0.15, 0.2) is 54.7 Å². The number of hydrogen-bond acceptors (Lipinski definition) is 5. The monoisotopic (exact) mass is 572 g/mol. The lowest BCUT2D eigenvalue weighted by molar-refractivity contribution is -0.0458. The molecule has 210 valence electrons. The first-order valence-corrected chi connectivity index (χ1v) is 15.1. The molecule has 6 nitrogen and oxygen atoms in total. The van der Waals surface area contributed by atoms with E-state index < -0.39 is 5.92 Å². The summed E-state index contributed by atoms with van der Waals surface area (Å²) in [5.41, 5.74) is 5.87. The highest BCUT2D eigenvalue weighted by atomic mass is 32.1. The highest BCUT2D eigenvalue weighted by Crippen LogP contribution is 2.44. The number of hydrogen-bond donors (Lipinski definition) is 1. The number of fused-ring (bicyclic) bond motifs is 3. The Kier molecular flexibility index (Phi) is 6.57. The number of nitrogens with zero attached hydrogens (tertiary/aromatic N) is 3. The van der Waals surface area contributed by atoms with Crippen molar-refractivity contribution in [2.75, 3.05) is 11.4 Å². The van der Waals surface area contributed by atoms with Crippen molar-refractivity contribution in [1.82, 2.24) is 15.2 Å². The number of thiophene rings is 1. The molecule has 2 aliphatic carbocycles. The zero-order valence-electron chi connectivity index (χ0n) is 22.5. The highest BCUT2D eigenvalue weighted by molar-refractivity contribution is 7.17. The predicted octanol–water partition coefficient (Wildman–Crippen LogP) is 7.68. The van der Waals surface area contributed by atoms with Crippen molar-refractivity contribution in [3.05, 3.63) is 76.6 Å². The second-order valence-corrected chi connectivity index (χ2v) is 12.5. The van der Waals surface area contributed by atoms with Gasteiger partial charge in [0, 0.05) is 53.4 Å². The molecule has 2 saturated carbocycles. The average molecular weight is 573 g/mol. The Balaban J connectivity index is 1.14. The maximum absolute atomic E-state index is 13.9. The molecule has 2 fully saturated rings. The van der Waals surface area contributed by atoms with Crippen molar-refractivity contribution in [2.24, 2.45) is 5.92 Å². The van der Waals surface area contributed by atoms with Crippen molar-refractivity contribution in [3.63, 3.8) is 0 Å². The Morgan fingerprint density at radius 3 is 2.63 bits per heavy atom. The number of aromatic nitrogens is 3. The third kappa shape index (κ3) is 5.12. The van der Waals surface area contributed by atoms with Gasteiger partial charge in [-0.1, -0.05) is 24.3 Å². The van der Waals surface area contributed by atoms with Crippen LogP contribution in [-0.2, 0) is 6.42 Å². The van der Waals surface area contributed by atoms with Crippen LogP contribution in [0.4, 0.5) is 14.5 Å². The van der Waals surface area contributed by atoms with Gasteiger partial charge < -0.3 is 4.90 Å². The standard InChI is InChI=1S/C32H30F2N4O2S/c33-32(34)13-10-19(11-14-32)16-27(39)28-17-21-12-15-38(26-7-2-1-4-22(26)30(21)41-28)31(40)25-6-3-5-24(36-25)23-18-35-37-29(23)20-8-9-20/h1-7,17-20H,8-16H2,(H,35,37). The molecule has 0 radical (unpaired) electrons. The summed E-state index contributed by atoms with van der Waals surface area (Å²) in [4.78, 5) is 35.3. The summed E-state index contributed by atoms with van der Waals surface area (Å²) in [6.07, 6.45) is 5.47. The molecule has 3 aliphatic rings. The SMILES string of the molecule is O=C(CC1CCC(F)(F)CC1)c1cc2c(s1)-c1ccccc1N(C(=O)c1cccc(-c3cn[nH]c3C3CC3)n1)CC2. The fraction of sp³-hybridized carbons (Fsp3) is 0.375. The zero-order valence-corrected chi connectivity index (χ0v) is 23.4. The van der Waals surface area contributed by atoms with Crippen LogP contribution in [0.5, 0.6) is 0 Å². The van der Waals surface area contributed by atoms with Crippen LogP contribution in [0.1, 0.15) is 82.3 Å². The number of amides is 1. The van der Waals surface area contributed by atoms with Gasteiger partial charge in [-0.2, -0.15) is 5.10 Å². The van der Waals surface area contributed by atoms with Crippen molar-refractivity contribution >= 4 is 28.7 Å². The molecule has 41 heavy (non-hydrogen) atoms. The smallest absolute Gasteiger partial charge is 0.276 e. The van der Waals surface area contributed by atoms with Gasteiger partial charge in [-0.25, -0.2) is 13.8 Å². The molecule has 0 saturated heterocycles. The minimum absolute atomic E-state index is 0.00935. The van der Waals surface area contributed by atoms with Crippen LogP contribution in [0.2, 0.25) is 0 Å². The minimum Gasteiger partial charge on any atom is -0.306 e. The third-order valence-electron chi connectivity index (χ3n) is 8.58. The van der Waals surface area contributed by atoms with Gasteiger partial charge in [-0.05, 0) is 67.9 Å². The van der Waals surface area contributed by atoms with E-state index in [9.17, 15) is 18.4 Å². The van der Waals surface area contributed by atoms with Crippen molar-refractivity contribution in [1.29, 1.82) is 0 Å². The average Bonchev–Trinajstić information content (AvgIpc) is 3.59. The fourth-order valence-electron chi connectivity index (χ4n) is 6.14. The van der Waals surface area contributed by atoms with Crippen LogP contribution >= 0.6 is 11.3 Å². The number of halogens is 2. The molecule has 0 bridgehead atoms. The normalized spacial score (nSPS) is 18.4. The van der Waals surface area contributed by atoms with Gasteiger partial charge >= 0.3 is 0 Å². The Labute approximate surface area is 240 Å². The van der Waals surface area contributed by atoms with Crippen LogP contribution in [0.3, 0.4) is 0 Å². The van der Waals surface area contributed by atoms with E-state index >= 15 is 0 Å².